The average Bonchev–Trinajstić information content (AvgIpc) is 3.47. The van der Waals surface area contributed by atoms with E-state index in [1.165, 1.54) is 0 Å². The maximum Gasteiger partial charge on any atom is 0.292 e. The first kappa shape index (κ1) is 28.1. The average molecular weight is 549 g/mol. The number of aromatic nitrogens is 1. The lowest BCUT2D eigenvalue weighted by molar-refractivity contribution is -0.140. The monoisotopic (exact) mass is 548 g/mol. The molecule has 1 aromatic heterocycles. The second-order valence-electron chi connectivity index (χ2n) is 11.7. The first-order chi connectivity index (χ1) is 19.3. The molecule has 1 aromatic carbocycles. The van der Waals surface area contributed by atoms with Gasteiger partial charge in [-0.05, 0) is 43.6 Å². The van der Waals surface area contributed by atoms with Crippen LogP contribution in [-0.4, -0.2) is 66.2 Å². The highest BCUT2D eigenvalue weighted by molar-refractivity contribution is 5.92. The Morgan fingerprint density at radius 3 is 2.62 bits per heavy atom. The van der Waals surface area contributed by atoms with Crippen molar-refractivity contribution < 1.29 is 23.6 Å². The third-order valence-electron chi connectivity index (χ3n) is 8.63. The molecule has 5 rings (SSSR count). The van der Waals surface area contributed by atoms with Crippen LogP contribution in [0.15, 0.2) is 53.1 Å². The SMILES string of the molecule is CC(C)c1cc(C(=O)N2CC[C@@H]3NC(=O)[C@@H](Cc4ccccc4)NC(=O)C4(C/C=C/C[C@@H]3C2)CCOCC4)on1. The van der Waals surface area contributed by atoms with Crippen LogP contribution in [-0.2, 0) is 20.7 Å². The Labute approximate surface area is 235 Å². The lowest BCUT2D eigenvalue weighted by atomic mass is 9.75. The Morgan fingerprint density at radius 2 is 1.90 bits per heavy atom. The third kappa shape index (κ3) is 6.30. The van der Waals surface area contributed by atoms with Crippen LogP contribution in [0.2, 0.25) is 0 Å². The molecule has 3 atom stereocenters. The minimum atomic E-state index is -0.693. The van der Waals surface area contributed by atoms with Crippen LogP contribution >= 0.6 is 0 Å². The molecule has 3 aliphatic rings. The maximum absolute atomic E-state index is 13.7. The summed E-state index contributed by atoms with van der Waals surface area (Å²) < 4.78 is 11.0. The van der Waals surface area contributed by atoms with Gasteiger partial charge in [0.2, 0.25) is 17.6 Å². The quantitative estimate of drug-likeness (QED) is 0.565. The summed E-state index contributed by atoms with van der Waals surface area (Å²) in [4.78, 5) is 42.5. The molecule has 2 fully saturated rings. The number of carbonyl (C=O) groups excluding carboxylic acids is 3. The molecule has 40 heavy (non-hydrogen) atoms. The molecule has 3 aliphatic heterocycles. The normalized spacial score (nSPS) is 26.3. The van der Waals surface area contributed by atoms with Crippen molar-refractivity contribution in [1.82, 2.24) is 20.7 Å². The molecule has 0 bridgehead atoms. The molecular weight excluding hydrogens is 508 g/mol. The highest BCUT2D eigenvalue weighted by Gasteiger charge is 2.42. The second-order valence-corrected chi connectivity index (χ2v) is 11.7. The molecule has 214 valence electrons. The zero-order valence-electron chi connectivity index (χ0n) is 23.4. The molecule has 0 radical (unpaired) electrons. The first-order valence-corrected chi connectivity index (χ1v) is 14.5. The standard InChI is InChI=1S/C31H40N4O5/c1-21(2)25-19-27(40-34-25)29(37)35-15-11-24-23(20-35)10-6-7-12-31(13-16-39-17-14-31)30(38)33-26(28(36)32-24)18-22-8-4-3-5-9-22/h3-9,19,21,23-24,26H,10-18,20H2,1-2H3,(H,32,36)(H,33,38)/b7-6+/t23-,24+,26-/m1/s1. The van der Waals surface area contributed by atoms with Crippen LogP contribution in [0.5, 0.6) is 0 Å². The summed E-state index contributed by atoms with van der Waals surface area (Å²) in [7, 11) is 0. The molecule has 9 nitrogen and oxygen atoms in total. The Hall–Kier alpha value is -3.46. The van der Waals surface area contributed by atoms with Crippen molar-refractivity contribution in [2.75, 3.05) is 26.3 Å². The summed E-state index contributed by atoms with van der Waals surface area (Å²) in [6.45, 7) is 6.07. The van der Waals surface area contributed by atoms with Crippen molar-refractivity contribution in [2.45, 2.75) is 70.4 Å². The van der Waals surface area contributed by atoms with Crippen molar-refractivity contribution >= 4 is 17.7 Å². The van der Waals surface area contributed by atoms with Gasteiger partial charge < -0.3 is 24.8 Å². The molecule has 0 aliphatic carbocycles. The van der Waals surface area contributed by atoms with E-state index in [4.69, 9.17) is 9.26 Å². The number of hydrogen-bond acceptors (Lipinski definition) is 6. The fraction of sp³-hybridized carbons (Fsp3) is 0.548. The molecule has 0 saturated carbocycles. The smallest absolute Gasteiger partial charge is 0.292 e. The first-order valence-electron chi connectivity index (χ1n) is 14.5. The molecule has 2 saturated heterocycles. The number of benzene rings is 1. The Bertz CT molecular complexity index is 1220. The Morgan fingerprint density at radius 1 is 1.12 bits per heavy atom. The minimum Gasteiger partial charge on any atom is -0.381 e. The van der Waals surface area contributed by atoms with Gasteiger partial charge in [-0.1, -0.05) is 61.5 Å². The van der Waals surface area contributed by atoms with Gasteiger partial charge in [0.05, 0.1) is 11.1 Å². The lowest BCUT2D eigenvalue weighted by Gasteiger charge is -2.40. The number of hydrogen-bond donors (Lipinski definition) is 2. The largest absolute Gasteiger partial charge is 0.381 e. The Balaban J connectivity index is 1.38. The van der Waals surface area contributed by atoms with Crippen LogP contribution in [0.25, 0.3) is 0 Å². The topological polar surface area (TPSA) is 114 Å². The van der Waals surface area contributed by atoms with Crippen LogP contribution in [0.3, 0.4) is 0 Å². The van der Waals surface area contributed by atoms with Crippen molar-refractivity contribution in [3.8, 4) is 0 Å². The van der Waals surface area contributed by atoms with E-state index in [1.807, 2.05) is 44.2 Å². The van der Waals surface area contributed by atoms with E-state index in [-0.39, 0.29) is 41.4 Å². The van der Waals surface area contributed by atoms with E-state index in [0.29, 0.717) is 64.8 Å². The van der Waals surface area contributed by atoms with E-state index < -0.39 is 11.5 Å². The number of ether oxygens (including phenoxy) is 1. The molecule has 3 amide bonds. The molecular formula is C31H40N4O5. The number of carbonyl (C=O) groups is 3. The summed E-state index contributed by atoms with van der Waals surface area (Å²) >= 11 is 0. The van der Waals surface area contributed by atoms with Crippen molar-refractivity contribution in [3.05, 3.63) is 65.6 Å². The van der Waals surface area contributed by atoms with Crippen LogP contribution in [0, 0.1) is 11.3 Å². The summed E-state index contributed by atoms with van der Waals surface area (Å²) in [5.41, 5.74) is 1.14. The molecule has 4 heterocycles. The third-order valence-corrected chi connectivity index (χ3v) is 8.63. The van der Waals surface area contributed by atoms with Crippen molar-refractivity contribution in [2.24, 2.45) is 11.3 Å². The summed E-state index contributed by atoms with van der Waals surface area (Å²) in [5, 5.41) is 10.4. The van der Waals surface area contributed by atoms with Gasteiger partial charge in [0.15, 0.2) is 0 Å². The van der Waals surface area contributed by atoms with E-state index >= 15 is 0 Å². The second kappa shape index (κ2) is 12.4. The number of rotatable bonds is 4. The number of fused-ring (bicyclic) bond motifs is 1. The van der Waals surface area contributed by atoms with Crippen LogP contribution in [0.4, 0.5) is 0 Å². The Kier molecular flexibility index (Phi) is 8.69. The summed E-state index contributed by atoms with van der Waals surface area (Å²) in [6.07, 6.45) is 7.76. The van der Waals surface area contributed by atoms with Gasteiger partial charge in [-0.3, -0.25) is 14.4 Å². The summed E-state index contributed by atoms with van der Waals surface area (Å²) in [6, 6.07) is 10.7. The van der Waals surface area contributed by atoms with E-state index in [1.54, 1.807) is 11.0 Å². The van der Waals surface area contributed by atoms with Gasteiger partial charge in [0.1, 0.15) is 6.04 Å². The zero-order chi connectivity index (χ0) is 28.1. The number of amides is 3. The maximum atomic E-state index is 13.7. The van der Waals surface area contributed by atoms with Crippen molar-refractivity contribution in [3.63, 3.8) is 0 Å². The fourth-order valence-electron chi connectivity index (χ4n) is 5.98. The number of allylic oxidation sites excluding steroid dienone is 2. The highest BCUT2D eigenvalue weighted by atomic mass is 16.5. The van der Waals surface area contributed by atoms with Gasteiger partial charge in [0, 0.05) is 50.8 Å². The number of nitrogens with zero attached hydrogens (tertiary/aromatic N) is 2. The predicted molar refractivity (Wildman–Crippen MR) is 149 cm³/mol. The number of nitrogens with one attached hydrogen (secondary N) is 2. The lowest BCUT2D eigenvalue weighted by Crippen LogP contribution is -2.58. The molecule has 1 spiro atoms. The van der Waals surface area contributed by atoms with E-state index in [9.17, 15) is 14.4 Å². The predicted octanol–water partition coefficient (Wildman–Crippen LogP) is 3.62. The van der Waals surface area contributed by atoms with Crippen molar-refractivity contribution in [1.29, 1.82) is 0 Å². The summed E-state index contributed by atoms with van der Waals surface area (Å²) in [5.74, 6) is 0.0173. The van der Waals surface area contributed by atoms with E-state index in [0.717, 1.165) is 11.3 Å². The van der Waals surface area contributed by atoms with Gasteiger partial charge >= 0.3 is 0 Å². The molecule has 0 unspecified atom stereocenters. The fourth-order valence-corrected chi connectivity index (χ4v) is 5.98. The highest BCUT2D eigenvalue weighted by Crippen LogP contribution is 2.36. The van der Waals surface area contributed by atoms with Gasteiger partial charge in [-0.25, -0.2) is 0 Å². The van der Waals surface area contributed by atoms with Gasteiger partial charge in [-0.15, -0.1) is 0 Å². The zero-order valence-corrected chi connectivity index (χ0v) is 23.4. The number of piperidine rings is 1. The van der Waals surface area contributed by atoms with E-state index in [2.05, 4.69) is 27.9 Å². The van der Waals surface area contributed by atoms with Crippen LogP contribution in [0.1, 0.15) is 73.7 Å². The molecule has 9 heteroatoms. The molecule has 2 aromatic rings. The molecule has 2 N–H and O–H groups in total. The van der Waals surface area contributed by atoms with Gasteiger partial charge in [0.25, 0.3) is 5.91 Å². The van der Waals surface area contributed by atoms with Gasteiger partial charge in [-0.2, -0.15) is 0 Å². The number of likely N-dealkylation sites (tertiary alicyclic amines) is 1. The van der Waals surface area contributed by atoms with Crippen LogP contribution < -0.4 is 10.6 Å². The minimum absolute atomic E-state index is 0.0310.